The Balaban J connectivity index is 2.27. The van der Waals surface area contributed by atoms with E-state index >= 15 is 0 Å². The fraction of sp³-hybridized carbons (Fsp3) is 0.500. The third kappa shape index (κ3) is 2.48. The molecule has 0 radical (unpaired) electrons. The van der Waals surface area contributed by atoms with Gasteiger partial charge in [0.25, 0.3) is 0 Å². The second-order valence-corrected chi connectivity index (χ2v) is 5.71. The second kappa shape index (κ2) is 5.65. The van der Waals surface area contributed by atoms with E-state index in [1.165, 1.54) is 0 Å². The van der Waals surface area contributed by atoms with Crippen molar-refractivity contribution in [3.8, 4) is 0 Å². The number of carbonyl (C=O) groups is 1. The normalized spacial score (nSPS) is 16.2. The quantitative estimate of drug-likeness (QED) is 0.853. The van der Waals surface area contributed by atoms with Crippen molar-refractivity contribution in [1.29, 1.82) is 0 Å². The largest absolute Gasteiger partial charge is 0.398 e. The molecular weight excluding hydrogens is 244 g/mol. The molecule has 0 saturated heterocycles. The number of hydrogen-bond acceptors (Lipinski definition) is 3. The Morgan fingerprint density at radius 2 is 2.33 bits per heavy atom. The number of nitrogens with zero attached hydrogens (tertiary/aromatic N) is 1. The molecular formula is C14H20N2OS. The average Bonchev–Trinajstić information content (AvgIpc) is 2.38. The van der Waals surface area contributed by atoms with Gasteiger partial charge in [-0.1, -0.05) is 13.0 Å². The molecule has 1 atom stereocenters. The number of fused-ring (bicyclic) bond motifs is 1. The number of carbonyl (C=O) groups excluding carboxylic acids is 1. The summed E-state index contributed by atoms with van der Waals surface area (Å²) in [6.07, 6.45) is 4.01. The zero-order valence-electron chi connectivity index (χ0n) is 11.0. The maximum Gasteiger partial charge on any atom is 0.230 e. The number of nitrogen functional groups attached to an aromatic ring is 1. The maximum absolute atomic E-state index is 12.4. The number of benzene rings is 1. The van der Waals surface area contributed by atoms with Gasteiger partial charge in [-0.15, -0.1) is 0 Å². The third-order valence-corrected chi connectivity index (χ3v) is 4.22. The number of hydrogen-bond donors (Lipinski definition) is 1. The Bertz CT molecular complexity index is 447. The van der Waals surface area contributed by atoms with Crippen molar-refractivity contribution in [3.05, 3.63) is 23.8 Å². The first kappa shape index (κ1) is 13.3. The molecule has 1 heterocycles. The van der Waals surface area contributed by atoms with E-state index in [1.807, 2.05) is 36.3 Å². The summed E-state index contributed by atoms with van der Waals surface area (Å²) in [6.45, 7) is 2.81. The van der Waals surface area contributed by atoms with E-state index < -0.39 is 0 Å². The Kier molecular flexibility index (Phi) is 4.17. The van der Waals surface area contributed by atoms with Gasteiger partial charge in [0.15, 0.2) is 0 Å². The van der Waals surface area contributed by atoms with E-state index in [1.54, 1.807) is 11.8 Å². The van der Waals surface area contributed by atoms with E-state index in [4.69, 9.17) is 5.73 Å². The molecule has 2 rings (SSSR count). The smallest absolute Gasteiger partial charge is 0.230 e. The highest BCUT2D eigenvalue weighted by Gasteiger charge is 2.26. The Morgan fingerprint density at radius 3 is 3.06 bits per heavy atom. The summed E-state index contributed by atoms with van der Waals surface area (Å²) in [5.41, 5.74) is 8.95. The van der Waals surface area contributed by atoms with Crippen molar-refractivity contribution in [3.63, 3.8) is 0 Å². The van der Waals surface area contributed by atoms with Crippen LogP contribution in [0.2, 0.25) is 0 Å². The lowest BCUT2D eigenvalue weighted by Gasteiger charge is -2.32. The van der Waals surface area contributed by atoms with Crippen molar-refractivity contribution < 1.29 is 4.79 Å². The van der Waals surface area contributed by atoms with Crippen LogP contribution in [0.3, 0.4) is 0 Å². The first-order chi connectivity index (χ1) is 8.65. The van der Waals surface area contributed by atoms with E-state index in [9.17, 15) is 4.79 Å². The minimum atomic E-state index is 0.0624. The molecule has 1 aromatic carbocycles. The van der Waals surface area contributed by atoms with Gasteiger partial charge in [-0.2, -0.15) is 11.8 Å². The summed E-state index contributed by atoms with van der Waals surface area (Å²) in [5.74, 6) is 1.15. The first-order valence-corrected chi connectivity index (χ1v) is 7.72. The van der Waals surface area contributed by atoms with Crippen LogP contribution in [0.5, 0.6) is 0 Å². The Hall–Kier alpha value is -1.16. The Labute approximate surface area is 113 Å². The molecule has 98 valence electrons. The SMILES string of the molecule is CSCC(C)C(=O)N1CCCc2c(N)cccc21. The predicted octanol–water partition coefficient (Wildman–Crippen LogP) is 2.55. The van der Waals surface area contributed by atoms with Crippen LogP contribution >= 0.6 is 11.8 Å². The van der Waals surface area contributed by atoms with Gasteiger partial charge in [-0.25, -0.2) is 0 Å². The lowest BCUT2D eigenvalue weighted by atomic mass is 9.98. The second-order valence-electron chi connectivity index (χ2n) is 4.79. The van der Waals surface area contributed by atoms with Crippen LogP contribution in [0.25, 0.3) is 0 Å². The van der Waals surface area contributed by atoms with E-state index in [0.717, 1.165) is 42.1 Å². The molecule has 18 heavy (non-hydrogen) atoms. The zero-order chi connectivity index (χ0) is 13.1. The molecule has 1 amide bonds. The van der Waals surface area contributed by atoms with Gasteiger partial charge in [0.05, 0.1) is 0 Å². The molecule has 1 aliphatic rings. The van der Waals surface area contributed by atoms with Gasteiger partial charge < -0.3 is 10.6 Å². The number of nitrogens with two attached hydrogens (primary N) is 1. The van der Waals surface area contributed by atoms with Crippen LogP contribution in [0.1, 0.15) is 18.9 Å². The fourth-order valence-corrected chi connectivity index (χ4v) is 3.11. The molecule has 1 unspecified atom stereocenters. The molecule has 0 bridgehead atoms. The van der Waals surface area contributed by atoms with Crippen molar-refractivity contribution in [2.45, 2.75) is 19.8 Å². The highest BCUT2D eigenvalue weighted by molar-refractivity contribution is 7.98. The molecule has 0 aromatic heterocycles. The topological polar surface area (TPSA) is 46.3 Å². The number of amides is 1. The molecule has 2 N–H and O–H groups in total. The van der Waals surface area contributed by atoms with E-state index in [2.05, 4.69) is 0 Å². The zero-order valence-corrected chi connectivity index (χ0v) is 11.8. The van der Waals surface area contributed by atoms with Crippen LogP contribution in [0.15, 0.2) is 18.2 Å². The summed E-state index contributed by atoms with van der Waals surface area (Å²) in [6, 6.07) is 5.85. The molecule has 1 aromatic rings. The summed E-state index contributed by atoms with van der Waals surface area (Å²) in [7, 11) is 0. The Morgan fingerprint density at radius 1 is 1.56 bits per heavy atom. The van der Waals surface area contributed by atoms with Crippen LogP contribution in [-0.4, -0.2) is 24.5 Å². The van der Waals surface area contributed by atoms with Crippen molar-refractivity contribution in [1.82, 2.24) is 0 Å². The third-order valence-electron chi connectivity index (χ3n) is 3.39. The number of rotatable bonds is 3. The van der Waals surface area contributed by atoms with Gasteiger partial charge in [0.2, 0.25) is 5.91 Å². The van der Waals surface area contributed by atoms with Crippen molar-refractivity contribution >= 4 is 29.0 Å². The van der Waals surface area contributed by atoms with Gasteiger partial charge >= 0.3 is 0 Å². The van der Waals surface area contributed by atoms with Gasteiger partial charge in [-0.05, 0) is 36.8 Å². The van der Waals surface area contributed by atoms with Crippen LogP contribution in [0, 0.1) is 5.92 Å². The highest BCUT2D eigenvalue weighted by atomic mass is 32.2. The number of thioether (sulfide) groups is 1. The van der Waals surface area contributed by atoms with Gasteiger partial charge in [-0.3, -0.25) is 4.79 Å². The standard InChI is InChI=1S/C14H20N2OS/c1-10(9-18-2)14(17)16-8-4-5-11-12(15)6-3-7-13(11)16/h3,6-7,10H,4-5,8-9,15H2,1-2H3. The minimum Gasteiger partial charge on any atom is -0.398 e. The molecule has 0 aliphatic carbocycles. The summed E-state index contributed by atoms with van der Waals surface area (Å²) in [5, 5.41) is 0. The molecule has 4 heteroatoms. The van der Waals surface area contributed by atoms with Gasteiger partial charge in [0, 0.05) is 29.6 Å². The van der Waals surface area contributed by atoms with Crippen LogP contribution < -0.4 is 10.6 Å². The molecule has 1 aliphatic heterocycles. The molecule has 3 nitrogen and oxygen atoms in total. The highest BCUT2D eigenvalue weighted by Crippen LogP contribution is 2.32. The fourth-order valence-electron chi connectivity index (χ4n) is 2.47. The van der Waals surface area contributed by atoms with E-state index in [-0.39, 0.29) is 11.8 Å². The maximum atomic E-state index is 12.4. The van der Waals surface area contributed by atoms with Crippen molar-refractivity contribution in [2.75, 3.05) is 29.2 Å². The summed E-state index contributed by atoms with van der Waals surface area (Å²) in [4.78, 5) is 14.3. The minimum absolute atomic E-state index is 0.0624. The average molecular weight is 264 g/mol. The predicted molar refractivity (Wildman–Crippen MR) is 79.1 cm³/mol. The monoisotopic (exact) mass is 264 g/mol. The lowest BCUT2D eigenvalue weighted by molar-refractivity contribution is -0.121. The van der Waals surface area contributed by atoms with E-state index in [0.29, 0.717) is 0 Å². The van der Waals surface area contributed by atoms with Crippen LogP contribution in [0.4, 0.5) is 11.4 Å². The van der Waals surface area contributed by atoms with Crippen molar-refractivity contribution in [2.24, 2.45) is 5.92 Å². The summed E-state index contributed by atoms with van der Waals surface area (Å²) < 4.78 is 0. The molecule has 0 saturated carbocycles. The molecule has 0 fully saturated rings. The van der Waals surface area contributed by atoms with Gasteiger partial charge in [0.1, 0.15) is 0 Å². The lowest BCUT2D eigenvalue weighted by Crippen LogP contribution is -2.39. The number of anilines is 2. The summed E-state index contributed by atoms with van der Waals surface area (Å²) >= 11 is 1.71. The first-order valence-electron chi connectivity index (χ1n) is 6.33. The van der Waals surface area contributed by atoms with Crippen LogP contribution in [-0.2, 0) is 11.2 Å². The molecule has 0 spiro atoms.